The topological polar surface area (TPSA) is 46.0 Å². The summed E-state index contributed by atoms with van der Waals surface area (Å²) in [5.41, 5.74) is 1.62. The standard InChI is InChI=1S/C15H11FN2O/c16-13-9-17-8-6-12(13)15(19)11-3-1-5-14-10(11)4-2-7-18-14/h1-9,15,19H. The van der Waals surface area contributed by atoms with Crippen LogP contribution >= 0.6 is 0 Å². The number of aliphatic hydroxyl groups excluding tert-OH is 1. The minimum Gasteiger partial charge on any atom is -0.384 e. The van der Waals surface area contributed by atoms with Crippen LogP contribution in [0.4, 0.5) is 4.39 Å². The monoisotopic (exact) mass is 254 g/mol. The number of hydrogen-bond donors (Lipinski definition) is 1. The van der Waals surface area contributed by atoms with Gasteiger partial charge in [-0.05, 0) is 23.8 Å². The van der Waals surface area contributed by atoms with Crippen molar-refractivity contribution in [2.45, 2.75) is 6.10 Å². The van der Waals surface area contributed by atoms with Gasteiger partial charge in [0.25, 0.3) is 0 Å². The van der Waals surface area contributed by atoms with E-state index >= 15 is 0 Å². The predicted molar refractivity (Wildman–Crippen MR) is 70.0 cm³/mol. The van der Waals surface area contributed by atoms with Crippen molar-refractivity contribution in [1.29, 1.82) is 0 Å². The molecule has 1 unspecified atom stereocenters. The molecule has 0 amide bonds. The first-order valence-electron chi connectivity index (χ1n) is 5.88. The summed E-state index contributed by atoms with van der Waals surface area (Å²) < 4.78 is 13.7. The fourth-order valence-electron chi connectivity index (χ4n) is 2.14. The summed E-state index contributed by atoms with van der Waals surface area (Å²) >= 11 is 0. The maximum Gasteiger partial charge on any atom is 0.147 e. The van der Waals surface area contributed by atoms with Crippen LogP contribution in [0.3, 0.4) is 0 Å². The van der Waals surface area contributed by atoms with Crippen molar-refractivity contribution in [3.63, 3.8) is 0 Å². The first-order valence-corrected chi connectivity index (χ1v) is 5.88. The van der Waals surface area contributed by atoms with Gasteiger partial charge in [-0.15, -0.1) is 0 Å². The van der Waals surface area contributed by atoms with Crippen molar-refractivity contribution in [3.8, 4) is 0 Å². The fourth-order valence-corrected chi connectivity index (χ4v) is 2.14. The van der Waals surface area contributed by atoms with Crippen molar-refractivity contribution < 1.29 is 9.50 Å². The Kier molecular flexibility index (Phi) is 2.93. The lowest BCUT2D eigenvalue weighted by Gasteiger charge is -2.14. The van der Waals surface area contributed by atoms with Crippen LogP contribution in [-0.4, -0.2) is 15.1 Å². The molecule has 2 aromatic heterocycles. The van der Waals surface area contributed by atoms with E-state index in [0.29, 0.717) is 5.56 Å². The highest BCUT2D eigenvalue weighted by Crippen LogP contribution is 2.28. The van der Waals surface area contributed by atoms with Crippen molar-refractivity contribution in [2.75, 3.05) is 0 Å². The van der Waals surface area contributed by atoms with Crippen LogP contribution in [0.5, 0.6) is 0 Å². The molecule has 4 heteroatoms. The Hall–Kier alpha value is -2.33. The molecule has 1 atom stereocenters. The van der Waals surface area contributed by atoms with Gasteiger partial charge < -0.3 is 5.11 Å². The van der Waals surface area contributed by atoms with Crippen LogP contribution in [0.25, 0.3) is 10.9 Å². The summed E-state index contributed by atoms with van der Waals surface area (Å²) in [7, 11) is 0. The molecule has 0 fully saturated rings. The van der Waals surface area contributed by atoms with Crippen LogP contribution in [0.15, 0.2) is 55.0 Å². The molecule has 0 aliphatic rings. The molecule has 3 rings (SSSR count). The maximum atomic E-state index is 13.7. The molecule has 1 aromatic carbocycles. The number of aromatic nitrogens is 2. The maximum absolute atomic E-state index is 13.7. The number of rotatable bonds is 2. The van der Waals surface area contributed by atoms with E-state index in [-0.39, 0.29) is 5.56 Å². The largest absolute Gasteiger partial charge is 0.384 e. The summed E-state index contributed by atoms with van der Waals surface area (Å²) in [6, 6.07) is 10.6. The summed E-state index contributed by atoms with van der Waals surface area (Å²) in [6.07, 6.45) is 3.22. The molecule has 1 N–H and O–H groups in total. The van der Waals surface area contributed by atoms with Gasteiger partial charge in [0.05, 0.1) is 11.7 Å². The number of benzene rings is 1. The number of fused-ring (bicyclic) bond motifs is 1. The van der Waals surface area contributed by atoms with E-state index < -0.39 is 11.9 Å². The van der Waals surface area contributed by atoms with Gasteiger partial charge in [0.1, 0.15) is 11.9 Å². The zero-order valence-corrected chi connectivity index (χ0v) is 9.99. The second-order valence-electron chi connectivity index (χ2n) is 4.22. The van der Waals surface area contributed by atoms with Crippen LogP contribution in [0.2, 0.25) is 0 Å². The van der Waals surface area contributed by atoms with Crippen LogP contribution in [0, 0.1) is 5.82 Å². The molecule has 3 aromatic rings. The predicted octanol–water partition coefficient (Wildman–Crippen LogP) is 2.85. The highest BCUT2D eigenvalue weighted by atomic mass is 19.1. The fraction of sp³-hybridized carbons (Fsp3) is 0.0667. The SMILES string of the molecule is OC(c1ccncc1F)c1cccc2ncccc12. The zero-order valence-electron chi connectivity index (χ0n) is 9.99. The van der Waals surface area contributed by atoms with Crippen LogP contribution in [0.1, 0.15) is 17.2 Å². The molecule has 3 nitrogen and oxygen atoms in total. The lowest BCUT2D eigenvalue weighted by Crippen LogP contribution is -2.03. The average Bonchev–Trinajstić information content (AvgIpc) is 2.46. The number of aliphatic hydroxyl groups is 1. The zero-order chi connectivity index (χ0) is 13.2. The van der Waals surface area contributed by atoms with E-state index in [1.54, 1.807) is 24.4 Å². The van der Waals surface area contributed by atoms with E-state index in [0.717, 1.165) is 17.1 Å². The third kappa shape index (κ3) is 2.06. The van der Waals surface area contributed by atoms with Crippen molar-refractivity contribution in [1.82, 2.24) is 9.97 Å². The third-order valence-corrected chi connectivity index (χ3v) is 3.07. The molecule has 0 saturated carbocycles. The van der Waals surface area contributed by atoms with E-state index in [4.69, 9.17) is 0 Å². The molecule has 0 aliphatic carbocycles. The van der Waals surface area contributed by atoms with Crippen LogP contribution in [-0.2, 0) is 0 Å². The second-order valence-corrected chi connectivity index (χ2v) is 4.22. The second kappa shape index (κ2) is 4.74. The summed E-state index contributed by atoms with van der Waals surface area (Å²) in [6.45, 7) is 0. The molecule has 2 heterocycles. The first-order chi connectivity index (χ1) is 9.27. The highest BCUT2D eigenvalue weighted by Gasteiger charge is 2.17. The van der Waals surface area contributed by atoms with Crippen molar-refractivity contribution in [2.24, 2.45) is 0 Å². The first kappa shape index (κ1) is 11.7. The van der Waals surface area contributed by atoms with Gasteiger partial charge in [0.15, 0.2) is 0 Å². The van der Waals surface area contributed by atoms with Gasteiger partial charge in [0.2, 0.25) is 0 Å². The lowest BCUT2D eigenvalue weighted by molar-refractivity contribution is 0.216. The Balaban J connectivity index is 2.17. The Morgan fingerprint density at radius 1 is 1.00 bits per heavy atom. The van der Waals surface area contributed by atoms with Gasteiger partial charge >= 0.3 is 0 Å². The van der Waals surface area contributed by atoms with Gasteiger partial charge in [-0.25, -0.2) is 4.39 Å². The molecule has 0 bridgehead atoms. The van der Waals surface area contributed by atoms with E-state index in [2.05, 4.69) is 9.97 Å². The number of nitrogens with zero attached hydrogens (tertiary/aromatic N) is 2. The van der Waals surface area contributed by atoms with E-state index in [1.807, 2.05) is 12.1 Å². The Bertz CT molecular complexity index is 725. The molecule has 0 saturated heterocycles. The van der Waals surface area contributed by atoms with Gasteiger partial charge in [-0.3, -0.25) is 9.97 Å². The Morgan fingerprint density at radius 3 is 2.74 bits per heavy atom. The van der Waals surface area contributed by atoms with E-state index in [1.165, 1.54) is 12.3 Å². The molecule has 94 valence electrons. The van der Waals surface area contributed by atoms with Crippen molar-refractivity contribution in [3.05, 3.63) is 71.9 Å². The number of halogens is 1. The summed E-state index contributed by atoms with van der Waals surface area (Å²) in [5.74, 6) is -0.518. The normalized spacial score (nSPS) is 12.5. The van der Waals surface area contributed by atoms with Gasteiger partial charge in [-0.2, -0.15) is 0 Å². The minimum atomic E-state index is -1.03. The average molecular weight is 254 g/mol. The number of pyridine rings is 2. The van der Waals surface area contributed by atoms with Crippen molar-refractivity contribution >= 4 is 10.9 Å². The van der Waals surface area contributed by atoms with Gasteiger partial charge in [-0.1, -0.05) is 18.2 Å². The minimum absolute atomic E-state index is 0.214. The Morgan fingerprint density at radius 2 is 1.89 bits per heavy atom. The molecule has 19 heavy (non-hydrogen) atoms. The highest BCUT2D eigenvalue weighted by molar-refractivity contribution is 5.82. The quantitative estimate of drug-likeness (QED) is 0.764. The molecule has 0 aliphatic heterocycles. The smallest absolute Gasteiger partial charge is 0.147 e. The Labute approximate surface area is 109 Å². The summed E-state index contributed by atoms with van der Waals surface area (Å²) in [4.78, 5) is 7.91. The molecular formula is C15H11FN2O. The summed E-state index contributed by atoms with van der Waals surface area (Å²) in [5, 5.41) is 11.2. The van der Waals surface area contributed by atoms with Crippen LogP contribution < -0.4 is 0 Å². The molecule has 0 radical (unpaired) electrons. The van der Waals surface area contributed by atoms with Gasteiger partial charge in [0, 0.05) is 23.3 Å². The lowest BCUT2D eigenvalue weighted by atomic mass is 9.98. The van der Waals surface area contributed by atoms with E-state index in [9.17, 15) is 9.50 Å². The molecule has 0 spiro atoms. The number of hydrogen-bond acceptors (Lipinski definition) is 3. The molecular weight excluding hydrogens is 243 g/mol. The third-order valence-electron chi connectivity index (χ3n) is 3.07.